The highest BCUT2D eigenvalue weighted by molar-refractivity contribution is 5.30. The smallest absolute Gasteiger partial charge is 0.162 e. The standard InChI is InChI=1S/C14H19F2N/c1-3-14(4-2)10(8-12(14)17)9-6-5-7-11(15)13(9)16/h5-7,10,12H,3-4,8,17H2,1-2H3. The Balaban J connectivity index is 2.39. The summed E-state index contributed by atoms with van der Waals surface area (Å²) in [6, 6.07) is 4.53. The number of halogens is 2. The number of nitrogens with two attached hydrogens (primary N) is 1. The Labute approximate surface area is 101 Å². The molecular weight excluding hydrogens is 220 g/mol. The van der Waals surface area contributed by atoms with Gasteiger partial charge in [-0.15, -0.1) is 0 Å². The van der Waals surface area contributed by atoms with E-state index in [2.05, 4.69) is 13.8 Å². The summed E-state index contributed by atoms with van der Waals surface area (Å²) in [5, 5.41) is 0. The third kappa shape index (κ3) is 1.68. The van der Waals surface area contributed by atoms with Crippen molar-refractivity contribution >= 4 is 0 Å². The first-order valence-electron chi connectivity index (χ1n) is 6.26. The summed E-state index contributed by atoms with van der Waals surface area (Å²) in [6.45, 7) is 4.15. The molecule has 1 aliphatic carbocycles. The largest absolute Gasteiger partial charge is 0.327 e. The van der Waals surface area contributed by atoms with Crippen LogP contribution >= 0.6 is 0 Å². The van der Waals surface area contributed by atoms with Gasteiger partial charge in [0.1, 0.15) is 0 Å². The molecule has 3 heteroatoms. The summed E-state index contributed by atoms with van der Waals surface area (Å²) >= 11 is 0. The van der Waals surface area contributed by atoms with E-state index in [1.807, 2.05) is 0 Å². The molecule has 0 saturated heterocycles. The molecule has 17 heavy (non-hydrogen) atoms. The van der Waals surface area contributed by atoms with Crippen LogP contribution in [0.25, 0.3) is 0 Å². The van der Waals surface area contributed by atoms with Gasteiger partial charge < -0.3 is 5.73 Å². The van der Waals surface area contributed by atoms with Gasteiger partial charge >= 0.3 is 0 Å². The van der Waals surface area contributed by atoms with Gasteiger partial charge in [0.05, 0.1) is 0 Å². The normalized spacial score (nSPS) is 26.6. The minimum Gasteiger partial charge on any atom is -0.327 e. The fourth-order valence-corrected chi connectivity index (χ4v) is 3.31. The third-order valence-electron chi connectivity index (χ3n) is 4.60. The predicted octanol–water partition coefficient (Wildman–Crippen LogP) is 3.59. The number of hydrogen-bond acceptors (Lipinski definition) is 1. The second kappa shape index (κ2) is 4.37. The second-order valence-electron chi connectivity index (χ2n) is 4.98. The third-order valence-corrected chi connectivity index (χ3v) is 4.60. The van der Waals surface area contributed by atoms with E-state index in [-0.39, 0.29) is 17.4 Å². The first-order valence-corrected chi connectivity index (χ1v) is 6.26. The minimum absolute atomic E-state index is 0.0585. The van der Waals surface area contributed by atoms with Gasteiger partial charge in [-0.2, -0.15) is 0 Å². The summed E-state index contributed by atoms with van der Waals surface area (Å²) in [6.07, 6.45) is 2.57. The zero-order valence-corrected chi connectivity index (χ0v) is 10.3. The summed E-state index contributed by atoms with van der Waals surface area (Å²) in [7, 11) is 0. The van der Waals surface area contributed by atoms with Gasteiger partial charge in [0.15, 0.2) is 11.6 Å². The van der Waals surface area contributed by atoms with Crippen molar-refractivity contribution < 1.29 is 8.78 Å². The van der Waals surface area contributed by atoms with E-state index < -0.39 is 11.6 Å². The molecule has 2 unspecified atom stereocenters. The first kappa shape index (κ1) is 12.5. The van der Waals surface area contributed by atoms with E-state index >= 15 is 0 Å². The van der Waals surface area contributed by atoms with Gasteiger partial charge in [-0.05, 0) is 42.2 Å². The van der Waals surface area contributed by atoms with Gasteiger partial charge in [0, 0.05) is 6.04 Å². The number of rotatable bonds is 3. The maximum absolute atomic E-state index is 13.8. The van der Waals surface area contributed by atoms with E-state index in [1.165, 1.54) is 0 Å². The monoisotopic (exact) mass is 239 g/mol. The zero-order chi connectivity index (χ0) is 12.6. The van der Waals surface area contributed by atoms with Crippen molar-refractivity contribution in [1.29, 1.82) is 0 Å². The lowest BCUT2D eigenvalue weighted by Gasteiger charge is -2.55. The Morgan fingerprint density at radius 2 is 1.94 bits per heavy atom. The molecular formula is C14H19F2N. The predicted molar refractivity (Wildman–Crippen MR) is 64.7 cm³/mol. The van der Waals surface area contributed by atoms with Crippen molar-refractivity contribution in [2.45, 2.75) is 45.1 Å². The molecule has 2 atom stereocenters. The van der Waals surface area contributed by atoms with Crippen LogP contribution < -0.4 is 5.73 Å². The molecule has 0 amide bonds. The lowest BCUT2D eigenvalue weighted by molar-refractivity contribution is 0.0414. The summed E-state index contributed by atoms with van der Waals surface area (Å²) in [4.78, 5) is 0. The molecule has 2 rings (SSSR count). The highest BCUT2D eigenvalue weighted by Gasteiger charge is 2.51. The van der Waals surface area contributed by atoms with E-state index in [0.29, 0.717) is 5.56 Å². The van der Waals surface area contributed by atoms with Gasteiger partial charge in [-0.25, -0.2) is 8.78 Å². The molecule has 94 valence electrons. The molecule has 1 saturated carbocycles. The van der Waals surface area contributed by atoms with Gasteiger partial charge in [0.25, 0.3) is 0 Å². The van der Waals surface area contributed by atoms with Crippen molar-refractivity contribution in [1.82, 2.24) is 0 Å². The maximum Gasteiger partial charge on any atom is 0.162 e. The zero-order valence-electron chi connectivity index (χ0n) is 10.3. The Hall–Kier alpha value is -0.960. The maximum atomic E-state index is 13.8. The van der Waals surface area contributed by atoms with Crippen molar-refractivity contribution in [3.05, 3.63) is 35.4 Å². The van der Waals surface area contributed by atoms with Crippen LogP contribution in [0.2, 0.25) is 0 Å². The first-order chi connectivity index (χ1) is 8.06. The number of hydrogen-bond donors (Lipinski definition) is 1. The van der Waals surface area contributed by atoms with Crippen LogP contribution in [0.5, 0.6) is 0 Å². The van der Waals surface area contributed by atoms with Crippen LogP contribution in [-0.4, -0.2) is 6.04 Å². The van der Waals surface area contributed by atoms with E-state index in [4.69, 9.17) is 5.73 Å². The second-order valence-corrected chi connectivity index (χ2v) is 4.98. The lowest BCUT2D eigenvalue weighted by Crippen LogP contribution is -2.56. The van der Waals surface area contributed by atoms with Crippen LogP contribution in [0.1, 0.15) is 44.6 Å². The molecule has 0 bridgehead atoms. The fraction of sp³-hybridized carbons (Fsp3) is 0.571. The van der Waals surface area contributed by atoms with E-state index in [1.54, 1.807) is 12.1 Å². The highest BCUT2D eigenvalue weighted by atomic mass is 19.2. The van der Waals surface area contributed by atoms with Crippen molar-refractivity contribution in [2.24, 2.45) is 11.1 Å². The van der Waals surface area contributed by atoms with Crippen molar-refractivity contribution in [2.75, 3.05) is 0 Å². The van der Waals surface area contributed by atoms with E-state index in [9.17, 15) is 8.78 Å². The van der Waals surface area contributed by atoms with Crippen LogP contribution in [-0.2, 0) is 0 Å². The average molecular weight is 239 g/mol. The van der Waals surface area contributed by atoms with Gasteiger partial charge in [0.2, 0.25) is 0 Å². The van der Waals surface area contributed by atoms with Crippen LogP contribution in [0.4, 0.5) is 8.78 Å². The molecule has 1 nitrogen and oxygen atoms in total. The average Bonchev–Trinajstić information content (AvgIpc) is 2.32. The van der Waals surface area contributed by atoms with Crippen LogP contribution in [0.3, 0.4) is 0 Å². The fourth-order valence-electron chi connectivity index (χ4n) is 3.31. The topological polar surface area (TPSA) is 26.0 Å². The Morgan fingerprint density at radius 3 is 2.47 bits per heavy atom. The van der Waals surface area contributed by atoms with Crippen molar-refractivity contribution in [3.63, 3.8) is 0 Å². The summed E-state index contributed by atoms with van der Waals surface area (Å²) < 4.78 is 27.1. The lowest BCUT2D eigenvalue weighted by atomic mass is 9.52. The highest BCUT2D eigenvalue weighted by Crippen LogP contribution is 2.56. The molecule has 0 aromatic heterocycles. The summed E-state index contributed by atoms with van der Waals surface area (Å²) in [5.74, 6) is -1.40. The molecule has 1 aromatic carbocycles. The molecule has 0 spiro atoms. The Morgan fingerprint density at radius 1 is 1.29 bits per heavy atom. The minimum atomic E-state index is -0.760. The molecule has 1 aliphatic rings. The molecule has 0 aliphatic heterocycles. The Kier molecular flexibility index (Phi) is 3.21. The van der Waals surface area contributed by atoms with Crippen molar-refractivity contribution in [3.8, 4) is 0 Å². The SMILES string of the molecule is CCC1(CC)C(N)CC1c1cccc(F)c1F. The van der Waals surface area contributed by atoms with E-state index in [0.717, 1.165) is 25.3 Å². The molecule has 1 aromatic rings. The molecule has 0 heterocycles. The van der Waals surface area contributed by atoms with Gasteiger partial charge in [-0.1, -0.05) is 26.0 Å². The quantitative estimate of drug-likeness (QED) is 0.857. The molecule has 2 N–H and O–H groups in total. The molecule has 1 fully saturated rings. The van der Waals surface area contributed by atoms with Gasteiger partial charge in [-0.3, -0.25) is 0 Å². The van der Waals surface area contributed by atoms with Crippen LogP contribution in [0, 0.1) is 17.0 Å². The number of benzene rings is 1. The summed E-state index contributed by atoms with van der Waals surface area (Å²) in [5.41, 5.74) is 6.51. The Bertz CT molecular complexity index is 413. The van der Waals surface area contributed by atoms with Crippen LogP contribution in [0.15, 0.2) is 18.2 Å². The molecule has 0 radical (unpaired) electrons.